The minimum Gasteiger partial charge on any atom is -0.508 e. The lowest BCUT2D eigenvalue weighted by Crippen LogP contribution is -1.95. The molecule has 1 N–H and O–H groups in total. The lowest BCUT2D eigenvalue weighted by molar-refractivity contribution is 0.438. The molecule has 0 aliphatic rings. The average molecular weight is 240 g/mol. The minimum atomic E-state index is 0.152. The van der Waals surface area contributed by atoms with Crippen LogP contribution in [-0.4, -0.2) is 10.1 Å². The molecule has 0 radical (unpaired) electrons. The molecule has 0 aliphatic heterocycles. The highest BCUT2D eigenvalue weighted by atomic mass is 16.5. The largest absolute Gasteiger partial charge is 0.508 e. The molecule has 1 heterocycles. The van der Waals surface area contributed by atoms with Gasteiger partial charge in [0.1, 0.15) is 23.1 Å². The van der Waals surface area contributed by atoms with E-state index in [2.05, 4.69) is 11.1 Å². The van der Waals surface area contributed by atoms with Crippen molar-refractivity contribution in [1.82, 2.24) is 4.98 Å². The molecule has 0 fully saturated rings. The smallest absolute Gasteiger partial charge is 0.237 e. The van der Waals surface area contributed by atoms with Gasteiger partial charge in [0.15, 0.2) is 0 Å². The third-order valence-electron chi connectivity index (χ3n) is 2.70. The summed E-state index contributed by atoms with van der Waals surface area (Å²) < 4.78 is 5.60. The normalized spacial score (nSPS) is 9.83. The molecular formula is C14H12N2O2. The third-order valence-corrected chi connectivity index (χ3v) is 2.70. The van der Waals surface area contributed by atoms with Crippen molar-refractivity contribution in [1.29, 1.82) is 5.26 Å². The number of phenols is 1. The van der Waals surface area contributed by atoms with Crippen LogP contribution in [0.3, 0.4) is 0 Å². The zero-order valence-electron chi connectivity index (χ0n) is 10.1. The number of nitriles is 1. The standard InChI is InChI=1S/C14H12N2O2/c1-9-6-7-16-14(11(9)8-15)18-13-5-3-4-12(17)10(13)2/h3-7,17H,1-2H3. The molecule has 18 heavy (non-hydrogen) atoms. The highest BCUT2D eigenvalue weighted by molar-refractivity contribution is 5.48. The van der Waals surface area contributed by atoms with Gasteiger partial charge in [-0.3, -0.25) is 0 Å². The fraction of sp³-hybridized carbons (Fsp3) is 0.143. The Hall–Kier alpha value is -2.54. The minimum absolute atomic E-state index is 0.152. The van der Waals surface area contributed by atoms with Crippen LogP contribution < -0.4 is 4.74 Å². The molecule has 0 bridgehead atoms. The molecule has 90 valence electrons. The second-order valence-corrected chi connectivity index (χ2v) is 3.92. The van der Waals surface area contributed by atoms with E-state index in [1.807, 2.05) is 6.92 Å². The summed E-state index contributed by atoms with van der Waals surface area (Å²) >= 11 is 0. The summed E-state index contributed by atoms with van der Waals surface area (Å²) in [6.45, 7) is 3.56. The number of aromatic hydroxyl groups is 1. The van der Waals surface area contributed by atoms with E-state index in [1.165, 1.54) is 0 Å². The predicted octanol–water partition coefficient (Wildman–Crippen LogP) is 3.07. The molecule has 0 amide bonds. The molecule has 0 unspecified atom stereocenters. The Morgan fingerprint density at radius 1 is 1.28 bits per heavy atom. The molecule has 0 spiro atoms. The van der Waals surface area contributed by atoms with E-state index in [-0.39, 0.29) is 11.6 Å². The van der Waals surface area contributed by atoms with E-state index in [4.69, 9.17) is 10.00 Å². The van der Waals surface area contributed by atoms with Crippen molar-refractivity contribution < 1.29 is 9.84 Å². The van der Waals surface area contributed by atoms with E-state index < -0.39 is 0 Å². The highest BCUT2D eigenvalue weighted by Gasteiger charge is 2.11. The van der Waals surface area contributed by atoms with E-state index in [9.17, 15) is 5.11 Å². The Balaban J connectivity index is 2.44. The molecule has 1 aromatic heterocycles. The van der Waals surface area contributed by atoms with Crippen LogP contribution in [0.5, 0.6) is 17.4 Å². The van der Waals surface area contributed by atoms with Crippen molar-refractivity contribution in [3.63, 3.8) is 0 Å². The Morgan fingerprint density at radius 3 is 2.78 bits per heavy atom. The maximum atomic E-state index is 9.59. The predicted molar refractivity (Wildman–Crippen MR) is 66.6 cm³/mol. The number of hydrogen-bond donors (Lipinski definition) is 1. The first-order valence-electron chi connectivity index (χ1n) is 5.45. The summed E-state index contributed by atoms with van der Waals surface area (Å²) in [7, 11) is 0. The van der Waals surface area contributed by atoms with Gasteiger partial charge in [-0.2, -0.15) is 5.26 Å². The van der Waals surface area contributed by atoms with Crippen LogP contribution in [0.4, 0.5) is 0 Å². The van der Waals surface area contributed by atoms with Crippen molar-refractivity contribution in [2.24, 2.45) is 0 Å². The van der Waals surface area contributed by atoms with Crippen LogP contribution in [0.15, 0.2) is 30.5 Å². The first-order chi connectivity index (χ1) is 8.63. The van der Waals surface area contributed by atoms with Crippen molar-refractivity contribution in [2.75, 3.05) is 0 Å². The van der Waals surface area contributed by atoms with E-state index >= 15 is 0 Å². The summed E-state index contributed by atoms with van der Waals surface area (Å²) in [6.07, 6.45) is 1.59. The van der Waals surface area contributed by atoms with Crippen LogP contribution in [0.2, 0.25) is 0 Å². The second kappa shape index (κ2) is 4.76. The number of phenolic OH excluding ortho intramolecular Hbond substituents is 1. The van der Waals surface area contributed by atoms with Gasteiger partial charge >= 0.3 is 0 Å². The number of pyridine rings is 1. The van der Waals surface area contributed by atoms with Gasteiger partial charge in [0.05, 0.1) is 0 Å². The molecule has 0 atom stereocenters. The summed E-state index contributed by atoms with van der Waals surface area (Å²) in [5.74, 6) is 0.898. The molecule has 4 nitrogen and oxygen atoms in total. The fourth-order valence-electron chi connectivity index (χ4n) is 1.56. The second-order valence-electron chi connectivity index (χ2n) is 3.92. The van der Waals surface area contributed by atoms with E-state index in [1.54, 1.807) is 37.4 Å². The van der Waals surface area contributed by atoms with Crippen molar-refractivity contribution in [2.45, 2.75) is 13.8 Å². The molecule has 0 saturated carbocycles. The summed E-state index contributed by atoms with van der Waals surface area (Å²) in [4.78, 5) is 4.05. The lowest BCUT2D eigenvalue weighted by atomic mass is 10.1. The van der Waals surface area contributed by atoms with Crippen LogP contribution in [0.1, 0.15) is 16.7 Å². The van der Waals surface area contributed by atoms with Gasteiger partial charge in [0.25, 0.3) is 0 Å². The molecule has 1 aromatic carbocycles. The Bertz CT molecular complexity index is 630. The number of rotatable bonds is 2. The number of nitrogens with zero attached hydrogens (tertiary/aromatic N) is 2. The summed E-state index contributed by atoms with van der Waals surface area (Å²) in [6, 6.07) is 8.80. The monoisotopic (exact) mass is 240 g/mol. The summed E-state index contributed by atoms with van der Waals surface area (Å²) in [5, 5.41) is 18.7. The highest BCUT2D eigenvalue weighted by Crippen LogP contribution is 2.31. The topological polar surface area (TPSA) is 66.1 Å². The number of ether oxygens (including phenoxy) is 1. The maximum Gasteiger partial charge on any atom is 0.237 e. The van der Waals surface area contributed by atoms with Crippen LogP contribution in [-0.2, 0) is 0 Å². The Kier molecular flexibility index (Phi) is 3.16. The van der Waals surface area contributed by atoms with Gasteiger partial charge in [-0.05, 0) is 37.6 Å². The van der Waals surface area contributed by atoms with Gasteiger partial charge in [-0.25, -0.2) is 4.98 Å². The van der Waals surface area contributed by atoms with Crippen LogP contribution in [0, 0.1) is 25.2 Å². The first kappa shape index (κ1) is 11.9. The number of hydrogen-bond acceptors (Lipinski definition) is 4. The summed E-state index contributed by atoms with van der Waals surface area (Å²) in [5.41, 5.74) is 1.82. The van der Waals surface area contributed by atoms with Gasteiger partial charge in [0, 0.05) is 11.8 Å². The van der Waals surface area contributed by atoms with Crippen molar-refractivity contribution >= 4 is 0 Å². The SMILES string of the molecule is Cc1ccnc(Oc2cccc(O)c2C)c1C#N. The van der Waals surface area contributed by atoms with E-state index in [0.717, 1.165) is 5.56 Å². The number of aromatic nitrogens is 1. The molecule has 0 aliphatic carbocycles. The lowest BCUT2D eigenvalue weighted by Gasteiger charge is -2.10. The van der Waals surface area contributed by atoms with E-state index in [0.29, 0.717) is 16.9 Å². The van der Waals surface area contributed by atoms with Crippen LogP contribution >= 0.6 is 0 Å². The maximum absolute atomic E-state index is 9.59. The van der Waals surface area contributed by atoms with Crippen molar-refractivity contribution in [3.8, 4) is 23.4 Å². The Labute approximate surface area is 105 Å². The zero-order chi connectivity index (χ0) is 13.1. The number of aryl methyl sites for hydroxylation is 1. The average Bonchev–Trinajstić information content (AvgIpc) is 2.35. The van der Waals surface area contributed by atoms with Gasteiger partial charge in [-0.15, -0.1) is 0 Å². The third kappa shape index (κ3) is 2.11. The van der Waals surface area contributed by atoms with Gasteiger partial charge in [-0.1, -0.05) is 6.07 Å². The molecule has 0 saturated heterocycles. The van der Waals surface area contributed by atoms with Crippen LogP contribution in [0.25, 0.3) is 0 Å². The molecule has 2 rings (SSSR count). The van der Waals surface area contributed by atoms with Crippen molar-refractivity contribution in [3.05, 3.63) is 47.2 Å². The molecule has 4 heteroatoms. The molecule has 2 aromatic rings. The molecular weight excluding hydrogens is 228 g/mol. The first-order valence-corrected chi connectivity index (χ1v) is 5.45. The number of benzene rings is 1. The Morgan fingerprint density at radius 2 is 2.06 bits per heavy atom. The van der Waals surface area contributed by atoms with Gasteiger partial charge in [0.2, 0.25) is 5.88 Å². The quantitative estimate of drug-likeness (QED) is 0.876. The zero-order valence-corrected chi connectivity index (χ0v) is 10.1. The fourth-order valence-corrected chi connectivity index (χ4v) is 1.56. The van der Waals surface area contributed by atoms with Gasteiger partial charge < -0.3 is 9.84 Å².